The van der Waals surface area contributed by atoms with E-state index in [1.165, 1.54) is 12.1 Å². The van der Waals surface area contributed by atoms with Crippen LogP contribution in [0.5, 0.6) is 5.75 Å². The Kier molecular flexibility index (Phi) is 10.0. The van der Waals surface area contributed by atoms with Crippen molar-refractivity contribution in [2.45, 2.75) is 44.6 Å². The van der Waals surface area contributed by atoms with E-state index < -0.39 is 17.9 Å². The van der Waals surface area contributed by atoms with Crippen molar-refractivity contribution < 1.29 is 24.2 Å². The zero-order valence-corrected chi connectivity index (χ0v) is 20.3. The number of hydrogen-bond acceptors (Lipinski definition) is 5. The second kappa shape index (κ2) is 13.2. The average molecular weight is 507 g/mol. The van der Waals surface area contributed by atoms with E-state index in [9.17, 15) is 14.7 Å². The smallest absolute Gasteiger partial charge is 0.326 e. The number of aliphatic carboxylic acids is 1. The van der Waals surface area contributed by atoms with Gasteiger partial charge in [-0.15, -0.1) is 0 Å². The van der Waals surface area contributed by atoms with Gasteiger partial charge in [-0.2, -0.15) is 0 Å². The van der Waals surface area contributed by atoms with E-state index in [1.54, 1.807) is 30.3 Å². The third kappa shape index (κ3) is 7.92. The minimum atomic E-state index is -1.15. The molecule has 0 aliphatic carbocycles. The van der Waals surface area contributed by atoms with Crippen LogP contribution in [0.4, 0.5) is 0 Å². The van der Waals surface area contributed by atoms with Crippen molar-refractivity contribution >= 4 is 41.0 Å². The largest absolute Gasteiger partial charge is 0.494 e. The summed E-state index contributed by atoms with van der Waals surface area (Å²) in [6, 6.07) is 10.7. The molecule has 0 saturated carbocycles. The van der Waals surface area contributed by atoms with Crippen LogP contribution in [0.15, 0.2) is 47.5 Å². The highest BCUT2D eigenvalue weighted by atomic mass is 35.5. The normalized spacial score (nSPS) is 14.0. The first-order valence-corrected chi connectivity index (χ1v) is 12.0. The molecule has 0 saturated heterocycles. The maximum absolute atomic E-state index is 12.6. The molecule has 1 amide bonds. The summed E-state index contributed by atoms with van der Waals surface area (Å²) < 4.78 is 11.3. The van der Waals surface area contributed by atoms with Crippen molar-refractivity contribution in [3.63, 3.8) is 0 Å². The lowest BCUT2D eigenvalue weighted by Gasteiger charge is -2.16. The maximum Gasteiger partial charge on any atom is 0.326 e. The molecule has 0 fully saturated rings. The number of nitrogens with one attached hydrogen (secondary N) is 1. The van der Waals surface area contributed by atoms with Gasteiger partial charge in [-0.05, 0) is 49.1 Å². The van der Waals surface area contributed by atoms with Gasteiger partial charge in [-0.3, -0.25) is 9.79 Å². The number of rotatable bonds is 12. The summed E-state index contributed by atoms with van der Waals surface area (Å²) in [6.45, 7) is 2.23. The second-order valence-electron chi connectivity index (χ2n) is 7.95. The van der Waals surface area contributed by atoms with Crippen LogP contribution in [-0.4, -0.2) is 48.7 Å². The molecule has 0 bridgehead atoms. The van der Waals surface area contributed by atoms with Crippen LogP contribution in [-0.2, 0) is 16.0 Å². The van der Waals surface area contributed by atoms with Crippen LogP contribution in [0.2, 0.25) is 10.0 Å². The SMILES string of the molecule is O=C(N[C@@H](Cc1ccc(OCCCCCC2=NCCCO2)cc1)C(=O)O)c1c(Cl)cccc1Cl. The van der Waals surface area contributed by atoms with E-state index in [0.717, 1.165) is 56.7 Å². The van der Waals surface area contributed by atoms with E-state index in [1.807, 2.05) is 0 Å². The molecule has 182 valence electrons. The molecule has 7 nitrogen and oxygen atoms in total. The number of halogens is 2. The number of amides is 1. The fourth-order valence-corrected chi connectivity index (χ4v) is 4.07. The Balaban J connectivity index is 1.44. The van der Waals surface area contributed by atoms with E-state index in [2.05, 4.69) is 10.3 Å². The summed E-state index contributed by atoms with van der Waals surface area (Å²) in [5.74, 6) is -0.206. The van der Waals surface area contributed by atoms with Crippen LogP contribution < -0.4 is 10.1 Å². The van der Waals surface area contributed by atoms with Gasteiger partial charge >= 0.3 is 5.97 Å². The Morgan fingerprint density at radius 2 is 1.82 bits per heavy atom. The molecule has 0 aromatic heterocycles. The predicted octanol–water partition coefficient (Wildman–Crippen LogP) is 5.18. The monoisotopic (exact) mass is 506 g/mol. The van der Waals surface area contributed by atoms with Gasteiger partial charge in [0.25, 0.3) is 5.91 Å². The lowest BCUT2D eigenvalue weighted by atomic mass is 10.1. The van der Waals surface area contributed by atoms with Crippen molar-refractivity contribution in [2.75, 3.05) is 19.8 Å². The number of carboxylic acid groups (broad SMARTS) is 1. The first-order valence-electron chi connectivity index (χ1n) is 11.3. The molecule has 0 spiro atoms. The highest BCUT2D eigenvalue weighted by Crippen LogP contribution is 2.24. The summed E-state index contributed by atoms with van der Waals surface area (Å²) in [5, 5.41) is 12.4. The number of benzene rings is 2. The third-order valence-corrected chi connectivity index (χ3v) is 5.95. The number of ether oxygens (including phenoxy) is 2. The Labute approximate surface area is 209 Å². The fraction of sp³-hybridized carbons (Fsp3) is 0.400. The zero-order chi connectivity index (χ0) is 24.3. The number of hydrogen-bond donors (Lipinski definition) is 2. The first-order chi connectivity index (χ1) is 16.4. The van der Waals surface area contributed by atoms with Crippen LogP contribution >= 0.6 is 23.2 Å². The standard InChI is InChI=1S/C25H28Cl2N2O5/c26-19-6-4-7-20(27)23(19)24(30)29-21(25(31)32)16-17-9-11-18(12-10-17)33-14-3-1-2-8-22-28-13-5-15-34-22/h4,6-7,9-12,21H,1-3,5,8,13-16H2,(H,29,30)(H,31,32)/t21-/m0/s1. The van der Waals surface area contributed by atoms with Gasteiger partial charge in [-0.1, -0.05) is 41.4 Å². The van der Waals surface area contributed by atoms with E-state index in [4.69, 9.17) is 32.7 Å². The minimum absolute atomic E-state index is 0.0556. The molecule has 3 rings (SSSR count). The molecule has 9 heteroatoms. The van der Waals surface area contributed by atoms with Gasteiger partial charge in [0.05, 0.1) is 28.8 Å². The minimum Gasteiger partial charge on any atom is -0.494 e. The van der Waals surface area contributed by atoms with Gasteiger partial charge in [-0.25, -0.2) is 4.79 Å². The first kappa shape index (κ1) is 25.8. The van der Waals surface area contributed by atoms with Crippen molar-refractivity contribution in [2.24, 2.45) is 4.99 Å². The summed E-state index contributed by atoms with van der Waals surface area (Å²) in [7, 11) is 0. The lowest BCUT2D eigenvalue weighted by Crippen LogP contribution is -2.42. The number of aliphatic imine (C=N–C) groups is 1. The van der Waals surface area contributed by atoms with Crippen molar-refractivity contribution in [1.29, 1.82) is 0 Å². The highest BCUT2D eigenvalue weighted by Gasteiger charge is 2.23. The number of unbranched alkanes of at least 4 members (excludes halogenated alkanes) is 2. The predicted molar refractivity (Wildman–Crippen MR) is 132 cm³/mol. The Morgan fingerprint density at radius 3 is 2.47 bits per heavy atom. The number of carboxylic acids is 1. The van der Waals surface area contributed by atoms with Crippen molar-refractivity contribution in [3.8, 4) is 5.75 Å². The van der Waals surface area contributed by atoms with E-state index >= 15 is 0 Å². The number of nitrogens with zero attached hydrogens (tertiary/aromatic N) is 1. The topological polar surface area (TPSA) is 97.2 Å². The summed E-state index contributed by atoms with van der Waals surface area (Å²) in [6.07, 6.45) is 4.94. The fourth-order valence-electron chi connectivity index (χ4n) is 3.50. The van der Waals surface area contributed by atoms with Crippen LogP contribution in [0, 0.1) is 0 Å². The molecule has 2 aromatic carbocycles. The Bertz CT molecular complexity index is 991. The van der Waals surface area contributed by atoms with Crippen molar-refractivity contribution in [3.05, 3.63) is 63.6 Å². The summed E-state index contributed by atoms with van der Waals surface area (Å²) >= 11 is 12.1. The van der Waals surface area contributed by atoms with Gasteiger partial charge in [0, 0.05) is 25.8 Å². The summed E-state index contributed by atoms with van der Waals surface area (Å²) in [5.41, 5.74) is 0.804. The molecule has 34 heavy (non-hydrogen) atoms. The van der Waals surface area contributed by atoms with E-state index in [0.29, 0.717) is 12.4 Å². The van der Waals surface area contributed by atoms with Crippen LogP contribution in [0.1, 0.15) is 48.0 Å². The Morgan fingerprint density at radius 1 is 1.09 bits per heavy atom. The average Bonchev–Trinajstić information content (AvgIpc) is 2.82. The lowest BCUT2D eigenvalue weighted by molar-refractivity contribution is -0.139. The molecule has 2 aromatic rings. The molecule has 1 aliphatic heterocycles. The molecule has 0 unspecified atom stereocenters. The molecule has 1 atom stereocenters. The van der Waals surface area contributed by atoms with Gasteiger partial charge in [0.1, 0.15) is 11.8 Å². The molecule has 2 N–H and O–H groups in total. The maximum atomic E-state index is 12.6. The van der Waals surface area contributed by atoms with E-state index in [-0.39, 0.29) is 22.0 Å². The quantitative estimate of drug-likeness (QED) is 0.386. The number of carbonyl (C=O) groups is 2. The van der Waals surface area contributed by atoms with Gasteiger partial charge in [0.15, 0.2) is 5.90 Å². The highest BCUT2D eigenvalue weighted by molar-refractivity contribution is 6.39. The summed E-state index contributed by atoms with van der Waals surface area (Å²) in [4.78, 5) is 28.6. The van der Waals surface area contributed by atoms with Crippen molar-refractivity contribution in [1.82, 2.24) is 5.32 Å². The Hall–Kier alpha value is -2.77. The van der Waals surface area contributed by atoms with Crippen LogP contribution in [0.25, 0.3) is 0 Å². The molecule has 1 heterocycles. The zero-order valence-electron chi connectivity index (χ0n) is 18.8. The molecule has 0 radical (unpaired) electrons. The molecular formula is C25H28Cl2N2O5. The van der Waals surface area contributed by atoms with Crippen LogP contribution in [0.3, 0.4) is 0 Å². The number of carbonyl (C=O) groups excluding carboxylic acids is 1. The van der Waals surface area contributed by atoms with Gasteiger partial charge in [0.2, 0.25) is 0 Å². The van der Waals surface area contributed by atoms with Gasteiger partial charge < -0.3 is 19.9 Å². The third-order valence-electron chi connectivity index (χ3n) is 5.32. The molecule has 1 aliphatic rings. The second-order valence-corrected chi connectivity index (χ2v) is 8.76. The molecular weight excluding hydrogens is 479 g/mol.